The number of amides is 1. The molecule has 0 aliphatic heterocycles. The lowest BCUT2D eigenvalue weighted by Crippen LogP contribution is -2.38. The maximum Gasteiger partial charge on any atom is 0.303 e. The maximum atomic E-state index is 12.1. The fourth-order valence-corrected chi connectivity index (χ4v) is 3.20. The SMILES string of the molecule is CCCCCCCCCCCCNC(=O)C(CCS(C)=O)OC(C)=O. The zero-order valence-electron chi connectivity index (χ0n) is 16.3. The molecule has 0 saturated heterocycles. The Morgan fingerprint density at radius 1 is 0.960 bits per heavy atom. The van der Waals surface area contributed by atoms with Crippen molar-refractivity contribution in [3.05, 3.63) is 0 Å². The summed E-state index contributed by atoms with van der Waals surface area (Å²) in [5.74, 6) is -0.415. The molecule has 2 atom stereocenters. The Labute approximate surface area is 156 Å². The predicted octanol–water partition coefficient (Wildman–Crippen LogP) is 3.72. The fraction of sp³-hybridized carbons (Fsp3) is 0.895. The van der Waals surface area contributed by atoms with Crippen molar-refractivity contribution in [1.82, 2.24) is 5.32 Å². The molecule has 1 amide bonds. The van der Waals surface area contributed by atoms with Gasteiger partial charge in [-0.2, -0.15) is 0 Å². The van der Waals surface area contributed by atoms with E-state index in [9.17, 15) is 13.8 Å². The largest absolute Gasteiger partial charge is 0.452 e. The van der Waals surface area contributed by atoms with Gasteiger partial charge in [-0.1, -0.05) is 64.7 Å². The van der Waals surface area contributed by atoms with Gasteiger partial charge in [-0.15, -0.1) is 0 Å². The number of rotatable bonds is 16. The van der Waals surface area contributed by atoms with Gasteiger partial charge in [0.15, 0.2) is 6.10 Å². The summed E-state index contributed by atoms with van der Waals surface area (Å²) in [6, 6.07) is 0. The van der Waals surface area contributed by atoms with E-state index in [-0.39, 0.29) is 5.91 Å². The van der Waals surface area contributed by atoms with Crippen LogP contribution in [-0.4, -0.2) is 40.7 Å². The number of hydrogen-bond acceptors (Lipinski definition) is 4. The van der Waals surface area contributed by atoms with Gasteiger partial charge in [0.05, 0.1) is 0 Å². The minimum absolute atomic E-state index is 0.281. The van der Waals surface area contributed by atoms with E-state index in [4.69, 9.17) is 4.74 Å². The van der Waals surface area contributed by atoms with E-state index in [1.807, 2.05) is 0 Å². The van der Waals surface area contributed by atoms with E-state index < -0.39 is 22.9 Å². The van der Waals surface area contributed by atoms with Gasteiger partial charge >= 0.3 is 5.97 Å². The number of hydrogen-bond donors (Lipinski definition) is 1. The predicted molar refractivity (Wildman–Crippen MR) is 104 cm³/mol. The van der Waals surface area contributed by atoms with Crippen LogP contribution in [-0.2, 0) is 25.1 Å². The van der Waals surface area contributed by atoms with Gasteiger partial charge in [-0.3, -0.25) is 13.8 Å². The molecule has 0 aromatic carbocycles. The Balaban J connectivity index is 3.70. The molecule has 6 heteroatoms. The average Bonchev–Trinajstić information content (AvgIpc) is 2.55. The zero-order chi connectivity index (χ0) is 18.9. The summed E-state index contributed by atoms with van der Waals surface area (Å²) in [6.07, 6.45) is 13.5. The van der Waals surface area contributed by atoms with Crippen LogP contribution >= 0.6 is 0 Å². The fourth-order valence-electron chi connectivity index (χ4n) is 2.65. The van der Waals surface area contributed by atoms with Crippen LogP contribution in [0.15, 0.2) is 0 Å². The molecule has 1 N–H and O–H groups in total. The molecular weight excluding hydrogens is 338 g/mol. The summed E-state index contributed by atoms with van der Waals surface area (Å²) in [4.78, 5) is 23.1. The van der Waals surface area contributed by atoms with Crippen LogP contribution < -0.4 is 5.32 Å². The number of nitrogens with one attached hydrogen (secondary N) is 1. The Morgan fingerprint density at radius 3 is 1.96 bits per heavy atom. The summed E-state index contributed by atoms with van der Waals surface area (Å²) in [6.45, 7) is 4.12. The second-order valence-electron chi connectivity index (χ2n) is 6.64. The van der Waals surface area contributed by atoms with Crippen LogP contribution in [0.4, 0.5) is 0 Å². The van der Waals surface area contributed by atoms with Crippen LogP contribution in [0.3, 0.4) is 0 Å². The Bertz CT molecular complexity index is 388. The lowest BCUT2D eigenvalue weighted by Gasteiger charge is -2.16. The van der Waals surface area contributed by atoms with Crippen molar-refractivity contribution in [2.45, 2.75) is 90.6 Å². The van der Waals surface area contributed by atoms with Gasteiger partial charge in [-0.05, 0) is 6.42 Å². The van der Waals surface area contributed by atoms with E-state index in [1.165, 1.54) is 58.3 Å². The molecule has 2 unspecified atom stereocenters. The topological polar surface area (TPSA) is 72.5 Å². The molecule has 0 bridgehead atoms. The molecule has 0 fully saturated rings. The van der Waals surface area contributed by atoms with Crippen molar-refractivity contribution in [3.63, 3.8) is 0 Å². The minimum atomic E-state index is -1.00. The van der Waals surface area contributed by atoms with Gasteiger partial charge in [0, 0.05) is 42.7 Å². The van der Waals surface area contributed by atoms with Gasteiger partial charge in [0.2, 0.25) is 0 Å². The number of unbranched alkanes of at least 4 members (excludes halogenated alkanes) is 9. The average molecular weight is 376 g/mol. The molecule has 0 saturated carbocycles. The van der Waals surface area contributed by atoms with E-state index >= 15 is 0 Å². The van der Waals surface area contributed by atoms with E-state index in [0.29, 0.717) is 18.7 Å². The van der Waals surface area contributed by atoms with Crippen molar-refractivity contribution in [1.29, 1.82) is 0 Å². The van der Waals surface area contributed by atoms with Gasteiger partial charge in [0.1, 0.15) is 0 Å². The smallest absolute Gasteiger partial charge is 0.303 e. The normalized spacial score (nSPS) is 13.2. The summed E-state index contributed by atoms with van der Waals surface area (Å²) >= 11 is 0. The number of carbonyl (C=O) groups is 2. The first-order valence-corrected chi connectivity index (χ1v) is 11.4. The van der Waals surface area contributed by atoms with E-state index in [1.54, 1.807) is 6.26 Å². The van der Waals surface area contributed by atoms with Gasteiger partial charge in [0.25, 0.3) is 5.91 Å². The minimum Gasteiger partial charge on any atom is -0.452 e. The van der Waals surface area contributed by atoms with Crippen molar-refractivity contribution in [3.8, 4) is 0 Å². The van der Waals surface area contributed by atoms with Crippen molar-refractivity contribution in [2.75, 3.05) is 18.6 Å². The third kappa shape index (κ3) is 16.3. The van der Waals surface area contributed by atoms with Crippen LogP contribution in [0.5, 0.6) is 0 Å². The highest BCUT2D eigenvalue weighted by Gasteiger charge is 2.21. The Hall–Kier alpha value is -0.910. The third-order valence-electron chi connectivity index (χ3n) is 4.10. The van der Waals surface area contributed by atoms with Crippen molar-refractivity contribution >= 4 is 22.7 Å². The summed E-state index contributed by atoms with van der Waals surface area (Å²) in [7, 11) is -1.00. The molecule has 0 spiro atoms. The Morgan fingerprint density at radius 2 is 1.48 bits per heavy atom. The third-order valence-corrected chi connectivity index (χ3v) is 4.91. The van der Waals surface area contributed by atoms with Crippen LogP contribution in [0.2, 0.25) is 0 Å². The van der Waals surface area contributed by atoms with Crippen molar-refractivity contribution < 1.29 is 18.5 Å². The first-order valence-electron chi connectivity index (χ1n) is 9.72. The Kier molecular flexibility index (Phi) is 16.0. The number of esters is 1. The number of ether oxygens (including phenoxy) is 1. The second kappa shape index (κ2) is 16.6. The second-order valence-corrected chi connectivity index (χ2v) is 8.19. The quantitative estimate of drug-likeness (QED) is 0.330. The first-order chi connectivity index (χ1) is 12.0. The van der Waals surface area contributed by atoms with Gasteiger partial charge in [-0.25, -0.2) is 0 Å². The lowest BCUT2D eigenvalue weighted by molar-refractivity contribution is -0.153. The van der Waals surface area contributed by atoms with Crippen LogP contribution in [0.25, 0.3) is 0 Å². The highest BCUT2D eigenvalue weighted by molar-refractivity contribution is 7.84. The highest BCUT2D eigenvalue weighted by Crippen LogP contribution is 2.10. The molecule has 5 nitrogen and oxygen atoms in total. The summed E-state index contributed by atoms with van der Waals surface area (Å²) in [5, 5.41) is 2.82. The monoisotopic (exact) mass is 375 g/mol. The van der Waals surface area contributed by atoms with E-state index in [0.717, 1.165) is 12.8 Å². The molecule has 0 rings (SSSR count). The maximum absolute atomic E-state index is 12.1. The molecule has 0 radical (unpaired) electrons. The molecule has 0 aromatic heterocycles. The first kappa shape index (κ1) is 24.1. The zero-order valence-corrected chi connectivity index (χ0v) is 17.1. The molecule has 0 heterocycles. The molecule has 0 aromatic rings. The molecule has 148 valence electrons. The molecular formula is C19H37NO4S. The van der Waals surface area contributed by atoms with Crippen LogP contribution in [0.1, 0.15) is 84.5 Å². The number of carbonyl (C=O) groups excluding carboxylic acids is 2. The lowest BCUT2D eigenvalue weighted by atomic mass is 10.1. The van der Waals surface area contributed by atoms with E-state index in [2.05, 4.69) is 12.2 Å². The molecule has 0 aliphatic rings. The van der Waals surface area contributed by atoms with Crippen LogP contribution in [0, 0.1) is 0 Å². The summed E-state index contributed by atoms with van der Waals surface area (Å²) in [5.41, 5.74) is 0. The highest BCUT2D eigenvalue weighted by atomic mass is 32.2. The van der Waals surface area contributed by atoms with Gasteiger partial charge < -0.3 is 10.1 Å². The molecule has 25 heavy (non-hydrogen) atoms. The summed E-state index contributed by atoms with van der Waals surface area (Å²) < 4.78 is 16.2. The van der Waals surface area contributed by atoms with Crippen molar-refractivity contribution in [2.24, 2.45) is 0 Å². The standard InChI is InChI=1S/C19H37NO4S/c1-4-5-6-7-8-9-10-11-12-13-15-20-19(22)18(24-17(2)21)14-16-25(3)23/h18H,4-16H2,1-3H3,(H,20,22). The molecule has 0 aliphatic carbocycles.